The molecule has 12 nitrogen and oxygen atoms in total. The molecule has 0 saturated heterocycles. The second-order valence-corrected chi connectivity index (χ2v) is 7.46. The van der Waals surface area contributed by atoms with Gasteiger partial charge in [0.1, 0.15) is 5.15 Å². The first-order chi connectivity index (χ1) is 15.4. The topological polar surface area (TPSA) is 155 Å². The van der Waals surface area contributed by atoms with E-state index in [0.717, 1.165) is 5.69 Å². The van der Waals surface area contributed by atoms with Gasteiger partial charge in [0.2, 0.25) is 11.6 Å². The molecule has 0 radical (unpaired) electrons. The zero-order valence-electron chi connectivity index (χ0n) is 17.4. The van der Waals surface area contributed by atoms with Gasteiger partial charge in [-0.25, -0.2) is 14.7 Å². The number of benzene rings is 1. The number of nitrogens with one attached hydrogen (secondary N) is 1. The number of nitrogen functional groups attached to an aromatic ring is 1. The van der Waals surface area contributed by atoms with Gasteiger partial charge in [0.05, 0.1) is 28.9 Å². The third kappa shape index (κ3) is 3.83. The van der Waals surface area contributed by atoms with Crippen LogP contribution in [0, 0.1) is 6.92 Å². The fraction of sp³-hybridized carbons (Fsp3) is 0.211. The Labute approximate surface area is 187 Å². The molecule has 0 aliphatic carbocycles. The van der Waals surface area contributed by atoms with E-state index in [-0.39, 0.29) is 23.2 Å². The van der Waals surface area contributed by atoms with Crippen molar-refractivity contribution in [1.82, 2.24) is 40.5 Å². The number of nitrogens with two attached hydrogens (primary N) is 1. The van der Waals surface area contributed by atoms with E-state index in [1.54, 1.807) is 11.6 Å². The largest absolute Gasteiger partial charge is 0.378 e. The average Bonchev–Trinajstić information content (AvgIpc) is 3.47. The van der Waals surface area contributed by atoms with E-state index in [4.69, 9.17) is 17.3 Å². The molecule has 4 aromatic rings. The van der Waals surface area contributed by atoms with Gasteiger partial charge in [-0.2, -0.15) is 14.9 Å². The Morgan fingerprint density at radius 2 is 2.00 bits per heavy atom. The highest BCUT2D eigenvalue weighted by molar-refractivity contribution is 6.32. The maximum Gasteiger partial charge on any atom is 0.293 e. The predicted octanol–water partition coefficient (Wildman–Crippen LogP) is 2.27. The number of aryl methyl sites for hydroxylation is 1. The summed E-state index contributed by atoms with van der Waals surface area (Å²) >= 11 is 6.48. The third-order valence-corrected chi connectivity index (χ3v) is 4.94. The minimum atomic E-state index is -0.560. The number of amides is 1. The van der Waals surface area contributed by atoms with E-state index in [0.29, 0.717) is 22.1 Å². The van der Waals surface area contributed by atoms with Crippen molar-refractivity contribution < 1.29 is 9.42 Å². The lowest BCUT2D eigenvalue weighted by molar-refractivity contribution is 0.0948. The summed E-state index contributed by atoms with van der Waals surface area (Å²) in [5, 5.41) is 24.0. The summed E-state index contributed by atoms with van der Waals surface area (Å²) in [7, 11) is 0. The van der Waals surface area contributed by atoms with Crippen LogP contribution in [0.3, 0.4) is 0 Å². The summed E-state index contributed by atoms with van der Waals surface area (Å²) in [6.45, 7) is 5.55. The summed E-state index contributed by atoms with van der Waals surface area (Å²) in [4.78, 5) is 12.7. The molecule has 3 heterocycles. The second kappa shape index (κ2) is 8.59. The van der Waals surface area contributed by atoms with E-state index in [1.165, 1.54) is 10.9 Å². The minimum absolute atomic E-state index is 0.0299. The Morgan fingerprint density at radius 3 is 2.66 bits per heavy atom. The van der Waals surface area contributed by atoms with Gasteiger partial charge < -0.3 is 5.73 Å². The number of hydrazone groups is 1. The summed E-state index contributed by atoms with van der Waals surface area (Å²) in [5.41, 5.74) is 10.8. The molecule has 0 bridgehead atoms. The van der Waals surface area contributed by atoms with Crippen molar-refractivity contribution in [3.05, 3.63) is 58.1 Å². The third-order valence-electron chi connectivity index (χ3n) is 4.57. The highest BCUT2D eigenvalue weighted by atomic mass is 35.5. The molecular weight excluding hydrogens is 436 g/mol. The predicted molar refractivity (Wildman–Crippen MR) is 116 cm³/mol. The van der Waals surface area contributed by atoms with Crippen molar-refractivity contribution in [3.8, 4) is 11.5 Å². The first kappa shape index (κ1) is 21.2. The first-order valence-corrected chi connectivity index (χ1v) is 9.94. The number of aromatic nitrogens is 7. The SMILES string of the molecule is Cc1nn(-c2ccccc2)c(Cl)c1/C=N\NC(=O)c1nnn(-c2nonc2N)c1C(C)C. The van der Waals surface area contributed by atoms with Gasteiger partial charge >= 0.3 is 0 Å². The van der Waals surface area contributed by atoms with Gasteiger partial charge in [0, 0.05) is 0 Å². The zero-order chi connectivity index (χ0) is 22.8. The van der Waals surface area contributed by atoms with E-state index < -0.39 is 5.91 Å². The van der Waals surface area contributed by atoms with Gasteiger partial charge in [-0.1, -0.05) is 48.9 Å². The van der Waals surface area contributed by atoms with Gasteiger partial charge in [-0.3, -0.25) is 4.79 Å². The number of para-hydroxylation sites is 1. The number of hydrogen-bond donors (Lipinski definition) is 2. The smallest absolute Gasteiger partial charge is 0.293 e. The highest BCUT2D eigenvalue weighted by Crippen LogP contribution is 2.23. The van der Waals surface area contributed by atoms with Gasteiger partial charge in [-0.15, -0.1) is 5.10 Å². The molecule has 164 valence electrons. The van der Waals surface area contributed by atoms with Crippen molar-refractivity contribution in [3.63, 3.8) is 0 Å². The second-order valence-electron chi connectivity index (χ2n) is 7.10. The average molecular weight is 455 g/mol. The Kier molecular flexibility index (Phi) is 5.69. The number of carbonyl (C=O) groups excluding carboxylic acids is 1. The maximum atomic E-state index is 12.7. The minimum Gasteiger partial charge on any atom is -0.378 e. The number of rotatable bonds is 6. The fourth-order valence-corrected chi connectivity index (χ4v) is 3.39. The summed E-state index contributed by atoms with van der Waals surface area (Å²) in [6.07, 6.45) is 1.43. The van der Waals surface area contributed by atoms with Gasteiger partial charge in [-0.05, 0) is 35.3 Å². The van der Waals surface area contributed by atoms with Crippen LogP contribution < -0.4 is 11.2 Å². The lowest BCUT2D eigenvalue weighted by Crippen LogP contribution is -2.21. The highest BCUT2D eigenvalue weighted by Gasteiger charge is 2.25. The monoisotopic (exact) mass is 454 g/mol. The molecule has 0 aliphatic rings. The fourth-order valence-electron chi connectivity index (χ4n) is 3.07. The zero-order valence-corrected chi connectivity index (χ0v) is 18.1. The van der Waals surface area contributed by atoms with Crippen LogP contribution in [0.5, 0.6) is 0 Å². The van der Waals surface area contributed by atoms with E-state index in [2.05, 4.69) is 40.9 Å². The number of anilines is 1. The van der Waals surface area contributed by atoms with Gasteiger partial charge in [0.25, 0.3) is 5.91 Å². The lowest BCUT2D eigenvalue weighted by atomic mass is 10.1. The molecule has 13 heteroatoms. The molecule has 32 heavy (non-hydrogen) atoms. The lowest BCUT2D eigenvalue weighted by Gasteiger charge is -2.08. The Balaban J connectivity index is 1.57. The number of carbonyl (C=O) groups is 1. The van der Waals surface area contributed by atoms with Crippen molar-refractivity contribution >= 4 is 29.5 Å². The number of hydrogen-bond acceptors (Lipinski definition) is 9. The van der Waals surface area contributed by atoms with Crippen molar-refractivity contribution in [1.29, 1.82) is 0 Å². The molecule has 0 unspecified atom stereocenters. The van der Waals surface area contributed by atoms with Gasteiger partial charge in [0.15, 0.2) is 5.69 Å². The molecular formula is C19H19ClN10O2. The molecule has 0 fully saturated rings. The first-order valence-electron chi connectivity index (χ1n) is 9.56. The quantitative estimate of drug-likeness (QED) is 0.332. The van der Waals surface area contributed by atoms with E-state index >= 15 is 0 Å². The van der Waals surface area contributed by atoms with Crippen LogP contribution >= 0.6 is 11.6 Å². The van der Waals surface area contributed by atoms with Crippen LogP contribution in [0.1, 0.15) is 47.2 Å². The van der Waals surface area contributed by atoms with Crippen molar-refractivity contribution in [2.75, 3.05) is 5.73 Å². The number of halogens is 1. The van der Waals surface area contributed by atoms with Crippen LogP contribution in [0.25, 0.3) is 11.5 Å². The molecule has 0 atom stereocenters. The Hall–Kier alpha value is -4.06. The van der Waals surface area contributed by atoms with Crippen LogP contribution in [0.2, 0.25) is 5.15 Å². The molecule has 0 saturated carbocycles. The van der Waals surface area contributed by atoms with Crippen LogP contribution in [0.15, 0.2) is 40.1 Å². The Bertz CT molecular complexity index is 1290. The summed E-state index contributed by atoms with van der Waals surface area (Å²) in [5.74, 6) is -0.510. The molecule has 0 aliphatic heterocycles. The molecule has 1 amide bonds. The molecule has 0 spiro atoms. The molecule has 1 aromatic carbocycles. The van der Waals surface area contributed by atoms with E-state index in [9.17, 15) is 4.79 Å². The van der Waals surface area contributed by atoms with Crippen LogP contribution in [-0.4, -0.2) is 47.2 Å². The van der Waals surface area contributed by atoms with Crippen molar-refractivity contribution in [2.45, 2.75) is 26.7 Å². The summed E-state index contributed by atoms with van der Waals surface area (Å²) in [6, 6.07) is 9.45. The van der Waals surface area contributed by atoms with Crippen LogP contribution in [-0.2, 0) is 0 Å². The van der Waals surface area contributed by atoms with Crippen molar-refractivity contribution in [2.24, 2.45) is 5.10 Å². The molecule has 3 aromatic heterocycles. The standard InChI is InChI=1S/C19H19ClN10O2/c1-10(2)15-14(23-28-30(15)18-17(21)26-32-27-18)19(31)24-22-9-13-11(3)25-29(16(13)20)12-7-5-4-6-8-12/h4-10H,1-3H3,(H2,21,26)(H,24,31)/b22-9-. The number of nitrogens with zero attached hydrogens (tertiary/aromatic N) is 8. The van der Waals surface area contributed by atoms with Crippen LogP contribution in [0.4, 0.5) is 5.82 Å². The maximum absolute atomic E-state index is 12.7. The molecule has 4 rings (SSSR count). The Morgan fingerprint density at radius 1 is 1.25 bits per heavy atom. The van der Waals surface area contributed by atoms with E-state index in [1.807, 2.05) is 44.2 Å². The normalized spacial score (nSPS) is 11.5. The summed E-state index contributed by atoms with van der Waals surface area (Å²) < 4.78 is 7.53. The molecule has 3 N–H and O–H groups in total.